The second-order valence-corrected chi connectivity index (χ2v) is 8.85. The number of esters is 1. The molecular formula is C23H31NO4. The summed E-state index contributed by atoms with van der Waals surface area (Å²) < 4.78 is 5.77. The highest BCUT2D eigenvalue weighted by atomic mass is 16.5. The van der Waals surface area contributed by atoms with Crippen molar-refractivity contribution in [3.8, 4) is 0 Å². The molecule has 1 aliphatic carbocycles. The van der Waals surface area contributed by atoms with Crippen LogP contribution in [0.25, 0.3) is 0 Å². The van der Waals surface area contributed by atoms with Crippen molar-refractivity contribution in [1.29, 1.82) is 0 Å². The molecule has 1 N–H and O–H groups in total. The molecule has 2 heterocycles. The van der Waals surface area contributed by atoms with Gasteiger partial charge in [0.25, 0.3) is 0 Å². The maximum Gasteiger partial charge on any atom is 0.338 e. The zero-order chi connectivity index (χ0) is 19.7. The van der Waals surface area contributed by atoms with Gasteiger partial charge in [-0.3, -0.25) is 4.79 Å². The van der Waals surface area contributed by atoms with Crippen LogP contribution in [-0.4, -0.2) is 47.2 Å². The van der Waals surface area contributed by atoms with Gasteiger partial charge in [0.1, 0.15) is 6.10 Å². The molecule has 5 nitrogen and oxygen atoms in total. The third-order valence-electron chi connectivity index (χ3n) is 7.21. The molecule has 1 saturated carbocycles. The fourth-order valence-electron chi connectivity index (χ4n) is 5.67. The Balaban J connectivity index is 1.57. The molecule has 0 spiro atoms. The average Bonchev–Trinajstić information content (AvgIpc) is 2.90. The summed E-state index contributed by atoms with van der Waals surface area (Å²) in [5, 5.41) is 10.1. The van der Waals surface area contributed by atoms with E-state index < -0.39 is 11.9 Å². The molecule has 152 valence electrons. The van der Waals surface area contributed by atoms with Crippen LogP contribution in [-0.2, 0) is 9.53 Å². The lowest BCUT2D eigenvalue weighted by atomic mass is 9.76. The molecule has 3 atom stereocenters. The Labute approximate surface area is 167 Å². The number of carbonyl (C=O) groups is 2. The number of carboxylic acids is 1. The second kappa shape index (κ2) is 8.24. The lowest BCUT2D eigenvalue weighted by Gasteiger charge is -2.39. The minimum absolute atomic E-state index is 0.0308. The first-order valence-corrected chi connectivity index (χ1v) is 10.8. The van der Waals surface area contributed by atoms with Crippen LogP contribution >= 0.6 is 0 Å². The summed E-state index contributed by atoms with van der Waals surface area (Å²) in [6.45, 7) is 0. The summed E-state index contributed by atoms with van der Waals surface area (Å²) >= 11 is 0. The molecule has 4 rings (SSSR count). The number of carbonyl (C=O) groups excluding carboxylic acids is 1. The van der Waals surface area contributed by atoms with E-state index in [-0.39, 0.29) is 18.0 Å². The van der Waals surface area contributed by atoms with E-state index in [0.29, 0.717) is 23.2 Å². The number of hydrogen-bond donors (Lipinski definition) is 1. The maximum atomic E-state index is 12.9. The summed E-state index contributed by atoms with van der Waals surface area (Å²) in [5.74, 6) is -1.77. The first-order valence-electron chi connectivity index (χ1n) is 10.8. The van der Waals surface area contributed by atoms with Crippen molar-refractivity contribution in [2.24, 2.45) is 5.92 Å². The monoisotopic (exact) mass is 385 g/mol. The predicted molar refractivity (Wildman–Crippen MR) is 106 cm³/mol. The quantitative estimate of drug-likeness (QED) is 0.769. The van der Waals surface area contributed by atoms with Gasteiger partial charge in [-0.25, -0.2) is 4.79 Å². The SMILES string of the molecule is CN1C2CCC1CC(C(C(=O)O)c1ccccc1C(=O)OC1CCCCC1)C2. The number of benzene rings is 1. The van der Waals surface area contributed by atoms with Crippen LogP contribution in [0, 0.1) is 5.92 Å². The minimum Gasteiger partial charge on any atom is -0.481 e. The van der Waals surface area contributed by atoms with Crippen LogP contribution in [0.4, 0.5) is 0 Å². The molecule has 0 amide bonds. The van der Waals surface area contributed by atoms with E-state index in [4.69, 9.17) is 4.74 Å². The molecule has 2 aliphatic heterocycles. The number of hydrogen-bond acceptors (Lipinski definition) is 4. The Morgan fingerprint density at radius 2 is 1.68 bits per heavy atom. The highest BCUT2D eigenvalue weighted by molar-refractivity contribution is 5.93. The lowest BCUT2D eigenvalue weighted by molar-refractivity contribution is -0.141. The molecule has 3 aliphatic rings. The number of carboxylic acid groups (broad SMARTS) is 1. The van der Waals surface area contributed by atoms with Crippen molar-refractivity contribution < 1.29 is 19.4 Å². The van der Waals surface area contributed by atoms with Gasteiger partial charge in [0, 0.05) is 12.1 Å². The van der Waals surface area contributed by atoms with Crippen LogP contribution in [0.2, 0.25) is 0 Å². The lowest BCUT2D eigenvalue weighted by Crippen LogP contribution is -2.42. The average molecular weight is 386 g/mol. The van der Waals surface area contributed by atoms with Crippen molar-refractivity contribution in [2.45, 2.75) is 81.9 Å². The molecule has 1 aromatic rings. The van der Waals surface area contributed by atoms with E-state index in [0.717, 1.165) is 51.4 Å². The number of piperidine rings is 1. The highest BCUT2D eigenvalue weighted by Crippen LogP contribution is 2.44. The fourth-order valence-corrected chi connectivity index (χ4v) is 5.67. The summed E-state index contributed by atoms with van der Waals surface area (Å²) in [6.07, 6.45) is 9.24. The first kappa shape index (κ1) is 19.4. The van der Waals surface area contributed by atoms with E-state index in [1.165, 1.54) is 6.42 Å². The Bertz CT molecular complexity index is 713. The molecule has 2 bridgehead atoms. The largest absolute Gasteiger partial charge is 0.481 e. The van der Waals surface area contributed by atoms with Crippen molar-refractivity contribution >= 4 is 11.9 Å². The van der Waals surface area contributed by atoms with Gasteiger partial charge in [-0.1, -0.05) is 24.6 Å². The molecule has 3 unspecified atom stereocenters. The Morgan fingerprint density at radius 1 is 1.04 bits per heavy atom. The second-order valence-electron chi connectivity index (χ2n) is 8.85. The Morgan fingerprint density at radius 3 is 2.32 bits per heavy atom. The molecule has 5 heteroatoms. The van der Waals surface area contributed by atoms with E-state index in [1.54, 1.807) is 12.1 Å². The van der Waals surface area contributed by atoms with Gasteiger partial charge in [-0.15, -0.1) is 0 Å². The van der Waals surface area contributed by atoms with Crippen molar-refractivity contribution in [2.75, 3.05) is 7.05 Å². The van der Waals surface area contributed by atoms with Crippen molar-refractivity contribution in [3.05, 3.63) is 35.4 Å². The van der Waals surface area contributed by atoms with Gasteiger partial charge in [-0.05, 0) is 76.0 Å². The van der Waals surface area contributed by atoms with Crippen LogP contribution in [0.5, 0.6) is 0 Å². The summed E-state index contributed by atoms with van der Waals surface area (Å²) in [5.41, 5.74) is 1.07. The standard InChI is InChI=1S/C23H31NO4/c1-24-16-11-12-17(24)14-15(13-16)21(22(25)26)19-9-5-6-10-20(19)23(27)28-18-7-3-2-4-8-18/h5-6,9-10,15-18,21H,2-4,7-8,11-14H2,1H3,(H,25,26). The predicted octanol–water partition coefficient (Wildman–Crippen LogP) is 4.22. The van der Waals surface area contributed by atoms with Gasteiger partial charge in [0.2, 0.25) is 0 Å². The third-order valence-corrected chi connectivity index (χ3v) is 7.21. The van der Waals surface area contributed by atoms with Crippen molar-refractivity contribution in [1.82, 2.24) is 4.90 Å². The summed E-state index contributed by atoms with van der Waals surface area (Å²) in [7, 11) is 2.16. The molecule has 3 fully saturated rings. The number of nitrogens with zero attached hydrogens (tertiary/aromatic N) is 1. The van der Waals surface area contributed by atoms with Crippen LogP contribution in [0.3, 0.4) is 0 Å². The molecule has 2 saturated heterocycles. The maximum absolute atomic E-state index is 12.9. The van der Waals surface area contributed by atoms with Gasteiger partial charge < -0.3 is 14.7 Å². The molecule has 1 aromatic carbocycles. The summed E-state index contributed by atoms with van der Waals surface area (Å²) in [6, 6.07) is 8.12. The van der Waals surface area contributed by atoms with Crippen LogP contribution in [0.15, 0.2) is 24.3 Å². The number of rotatable bonds is 5. The topological polar surface area (TPSA) is 66.8 Å². The Hall–Kier alpha value is -1.88. The normalized spacial score (nSPS) is 29.4. The molecule has 0 aromatic heterocycles. The number of fused-ring (bicyclic) bond motifs is 2. The van der Waals surface area contributed by atoms with E-state index in [2.05, 4.69) is 11.9 Å². The third kappa shape index (κ3) is 3.82. The zero-order valence-electron chi connectivity index (χ0n) is 16.7. The smallest absolute Gasteiger partial charge is 0.338 e. The summed E-state index contributed by atoms with van der Waals surface area (Å²) in [4.78, 5) is 27.6. The van der Waals surface area contributed by atoms with Gasteiger partial charge in [-0.2, -0.15) is 0 Å². The molecular weight excluding hydrogens is 354 g/mol. The van der Waals surface area contributed by atoms with Crippen LogP contribution < -0.4 is 0 Å². The first-order chi connectivity index (χ1) is 13.5. The van der Waals surface area contributed by atoms with Crippen LogP contribution in [0.1, 0.15) is 79.6 Å². The van der Waals surface area contributed by atoms with E-state index in [9.17, 15) is 14.7 Å². The van der Waals surface area contributed by atoms with E-state index in [1.807, 2.05) is 12.1 Å². The van der Waals surface area contributed by atoms with E-state index >= 15 is 0 Å². The molecule has 0 radical (unpaired) electrons. The van der Waals surface area contributed by atoms with Gasteiger partial charge in [0.05, 0.1) is 11.5 Å². The zero-order valence-corrected chi connectivity index (χ0v) is 16.7. The Kier molecular flexibility index (Phi) is 5.72. The minimum atomic E-state index is -0.827. The van der Waals surface area contributed by atoms with Crippen molar-refractivity contribution in [3.63, 3.8) is 0 Å². The van der Waals surface area contributed by atoms with Gasteiger partial charge in [0.15, 0.2) is 0 Å². The van der Waals surface area contributed by atoms with Gasteiger partial charge >= 0.3 is 11.9 Å². The fraction of sp³-hybridized carbons (Fsp3) is 0.652. The number of aliphatic carboxylic acids is 1. The molecule has 28 heavy (non-hydrogen) atoms. The highest BCUT2D eigenvalue weighted by Gasteiger charge is 2.44. The number of ether oxygens (including phenoxy) is 1.